The van der Waals surface area contributed by atoms with Gasteiger partial charge in [-0.15, -0.1) is 0 Å². The zero-order valence-corrected chi connectivity index (χ0v) is 16.5. The van der Waals surface area contributed by atoms with Gasteiger partial charge in [-0.2, -0.15) is 4.39 Å². The van der Waals surface area contributed by atoms with Crippen LogP contribution in [0.15, 0.2) is 60.7 Å². The first-order valence-electron chi connectivity index (χ1n) is 9.90. The molecule has 0 saturated heterocycles. The van der Waals surface area contributed by atoms with Crippen LogP contribution in [0.2, 0.25) is 0 Å². The summed E-state index contributed by atoms with van der Waals surface area (Å²) in [5.74, 6) is -1.86. The molecule has 3 aromatic carbocycles. The van der Waals surface area contributed by atoms with Gasteiger partial charge in [0.2, 0.25) is 5.82 Å². The van der Waals surface area contributed by atoms with Gasteiger partial charge >= 0.3 is 0 Å². The second kappa shape index (κ2) is 9.50. The lowest BCUT2D eigenvalue weighted by molar-refractivity contribution is 0.314. The maximum atomic E-state index is 14.4. The van der Waals surface area contributed by atoms with Gasteiger partial charge in [-0.25, -0.2) is 4.39 Å². The number of hydrogen-bond donors (Lipinski definition) is 0. The summed E-state index contributed by atoms with van der Waals surface area (Å²) in [7, 11) is 0. The zero-order valence-electron chi connectivity index (χ0n) is 16.5. The highest BCUT2D eigenvalue weighted by molar-refractivity contribution is 5.65. The van der Waals surface area contributed by atoms with E-state index in [1.54, 1.807) is 13.0 Å². The number of benzene rings is 3. The van der Waals surface area contributed by atoms with Crippen LogP contribution in [-0.4, -0.2) is 6.61 Å². The van der Waals surface area contributed by atoms with E-state index in [2.05, 4.69) is 31.2 Å². The fraction of sp³-hybridized carbons (Fsp3) is 0.280. The molecule has 3 aromatic rings. The molecule has 0 amide bonds. The van der Waals surface area contributed by atoms with Gasteiger partial charge < -0.3 is 4.74 Å². The largest absolute Gasteiger partial charge is 0.491 e. The van der Waals surface area contributed by atoms with Crippen molar-refractivity contribution in [2.24, 2.45) is 0 Å². The smallest absolute Gasteiger partial charge is 0.201 e. The summed E-state index contributed by atoms with van der Waals surface area (Å²) >= 11 is 0. The van der Waals surface area contributed by atoms with Crippen LogP contribution < -0.4 is 4.74 Å². The lowest BCUT2D eigenvalue weighted by Crippen LogP contribution is -1.98. The minimum atomic E-state index is -0.935. The molecule has 0 fully saturated rings. The van der Waals surface area contributed by atoms with E-state index < -0.39 is 11.6 Å². The lowest BCUT2D eigenvalue weighted by Gasteiger charge is -2.10. The van der Waals surface area contributed by atoms with E-state index in [9.17, 15) is 8.78 Å². The molecule has 0 aliphatic rings. The molecule has 28 heavy (non-hydrogen) atoms. The summed E-state index contributed by atoms with van der Waals surface area (Å²) in [5.41, 5.74) is 4.77. The van der Waals surface area contributed by atoms with Crippen molar-refractivity contribution in [3.8, 4) is 16.9 Å². The molecule has 0 spiro atoms. The molecule has 1 nitrogen and oxygen atoms in total. The molecule has 0 heterocycles. The summed E-state index contributed by atoms with van der Waals surface area (Å²) in [5, 5.41) is 0. The Morgan fingerprint density at radius 3 is 1.71 bits per heavy atom. The van der Waals surface area contributed by atoms with Crippen molar-refractivity contribution in [2.45, 2.75) is 39.5 Å². The average Bonchev–Trinajstić information content (AvgIpc) is 2.72. The highest BCUT2D eigenvalue weighted by Gasteiger charge is 2.15. The van der Waals surface area contributed by atoms with Gasteiger partial charge in [0.1, 0.15) is 0 Å². The minimum Gasteiger partial charge on any atom is -0.491 e. The molecule has 0 radical (unpaired) electrons. The summed E-state index contributed by atoms with van der Waals surface area (Å²) in [6, 6.07) is 19.5. The van der Waals surface area contributed by atoms with Crippen LogP contribution in [0.5, 0.6) is 5.75 Å². The molecule has 0 aliphatic carbocycles. The van der Waals surface area contributed by atoms with Gasteiger partial charge in [0.25, 0.3) is 0 Å². The summed E-state index contributed by atoms with van der Waals surface area (Å²) < 4.78 is 33.6. The van der Waals surface area contributed by atoms with E-state index in [4.69, 9.17) is 4.74 Å². The van der Waals surface area contributed by atoms with Crippen molar-refractivity contribution >= 4 is 0 Å². The molecule has 0 unspecified atom stereocenters. The Labute approximate surface area is 166 Å². The summed E-state index contributed by atoms with van der Waals surface area (Å²) in [6.45, 7) is 4.22. The molecule has 0 N–H and O–H groups in total. The Morgan fingerprint density at radius 2 is 1.18 bits per heavy atom. The van der Waals surface area contributed by atoms with Crippen LogP contribution in [0.4, 0.5) is 8.78 Å². The quantitative estimate of drug-likeness (QED) is 0.419. The van der Waals surface area contributed by atoms with Gasteiger partial charge in [0.15, 0.2) is 11.6 Å². The maximum absolute atomic E-state index is 14.4. The van der Waals surface area contributed by atoms with Gasteiger partial charge in [0, 0.05) is 5.56 Å². The highest BCUT2D eigenvalue weighted by atomic mass is 19.2. The second-order valence-electron chi connectivity index (χ2n) is 6.94. The van der Waals surface area contributed by atoms with Gasteiger partial charge in [-0.1, -0.05) is 61.9 Å². The first-order chi connectivity index (χ1) is 13.6. The molecule has 0 aliphatic heterocycles. The molecule has 146 valence electrons. The van der Waals surface area contributed by atoms with Crippen LogP contribution in [0, 0.1) is 11.6 Å². The van der Waals surface area contributed by atoms with Crippen molar-refractivity contribution in [1.82, 2.24) is 0 Å². The third-order valence-corrected chi connectivity index (χ3v) is 4.88. The van der Waals surface area contributed by atoms with Crippen LogP contribution in [-0.2, 0) is 19.3 Å². The van der Waals surface area contributed by atoms with Gasteiger partial charge in [0.05, 0.1) is 6.61 Å². The fourth-order valence-corrected chi connectivity index (χ4v) is 3.32. The minimum absolute atomic E-state index is 0.0506. The van der Waals surface area contributed by atoms with Crippen molar-refractivity contribution in [2.75, 3.05) is 6.61 Å². The lowest BCUT2D eigenvalue weighted by atomic mass is 9.99. The Hall–Kier alpha value is -2.68. The van der Waals surface area contributed by atoms with E-state index in [0.29, 0.717) is 12.2 Å². The summed E-state index contributed by atoms with van der Waals surface area (Å²) in [6.07, 6.45) is 4.14. The van der Waals surface area contributed by atoms with Gasteiger partial charge in [-0.3, -0.25) is 0 Å². The Morgan fingerprint density at radius 1 is 0.643 bits per heavy atom. The van der Waals surface area contributed by atoms with E-state index in [1.807, 2.05) is 24.3 Å². The second-order valence-corrected chi connectivity index (χ2v) is 6.94. The number of rotatable bonds is 8. The molecule has 0 bridgehead atoms. The van der Waals surface area contributed by atoms with Crippen molar-refractivity contribution in [3.63, 3.8) is 0 Å². The summed E-state index contributed by atoms with van der Waals surface area (Å²) in [4.78, 5) is 0. The SMILES string of the molecule is CCCc1ccc(CCc2ccc(-c3ccc(OCC)c(F)c3F)cc2)cc1. The van der Waals surface area contributed by atoms with E-state index in [0.717, 1.165) is 25.7 Å². The predicted octanol–water partition coefficient (Wildman–Crippen LogP) is 6.77. The Kier molecular flexibility index (Phi) is 6.80. The molecular formula is C25H26F2O. The van der Waals surface area contributed by atoms with Crippen LogP contribution in [0.25, 0.3) is 11.1 Å². The van der Waals surface area contributed by atoms with Crippen molar-refractivity contribution < 1.29 is 13.5 Å². The van der Waals surface area contributed by atoms with E-state index in [1.165, 1.54) is 22.8 Å². The number of halogens is 2. The zero-order chi connectivity index (χ0) is 19.9. The van der Waals surface area contributed by atoms with Crippen LogP contribution in [0.3, 0.4) is 0 Å². The molecular weight excluding hydrogens is 354 g/mol. The molecule has 0 atom stereocenters. The van der Waals surface area contributed by atoms with E-state index >= 15 is 0 Å². The first kappa shape index (κ1) is 20.1. The predicted molar refractivity (Wildman–Crippen MR) is 111 cm³/mol. The number of aryl methyl sites for hydroxylation is 3. The monoisotopic (exact) mass is 380 g/mol. The van der Waals surface area contributed by atoms with Crippen LogP contribution >= 0.6 is 0 Å². The molecule has 0 aromatic heterocycles. The molecule has 0 saturated carbocycles. The van der Waals surface area contributed by atoms with Crippen molar-refractivity contribution in [3.05, 3.63) is 89.0 Å². The van der Waals surface area contributed by atoms with Crippen molar-refractivity contribution in [1.29, 1.82) is 0 Å². The normalized spacial score (nSPS) is 10.9. The standard InChI is InChI=1S/C25H26F2O/c1-3-5-18-6-8-19(9-7-18)10-11-20-12-14-21(15-13-20)22-16-17-23(28-4-2)25(27)24(22)26/h6-9,12-17H,3-5,10-11H2,1-2H3. The first-order valence-corrected chi connectivity index (χ1v) is 9.90. The Balaban J connectivity index is 1.67. The average molecular weight is 380 g/mol. The Bertz CT molecular complexity index is 899. The van der Waals surface area contributed by atoms with E-state index in [-0.39, 0.29) is 11.3 Å². The van der Waals surface area contributed by atoms with Crippen LogP contribution in [0.1, 0.15) is 37.0 Å². The molecule has 3 heteroatoms. The third kappa shape index (κ3) is 4.78. The molecule has 3 rings (SSSR count). The maximum Gasteiger partial charge on any atom is 0.201 e. The highest BCUT2D eigenvalue weighted by Crippen LogP contribution is 2.30. The number of hydrogen-bond acceptors (Lipinski definition) is 1. The fourth-order valence-electron chi connectivity index (χ4n) is 3.32. The third-order valence-electron chi connectivity index (χ3n) is 4.88. The topological polar surface area (TPSA) is 9.23 Å². The van der Waals surface area contributed by atoms with Gasteiger partial charge in [-0.05, 0) is 60.6 Å². The number of ether oxygens (including phenoxy) is 1.